The van der Waals surface area contributed by atoms with Gasteiger partial charge < -0.3 is 10.1 Å². The molecular formula is C20H19FN4O5S. The zero-order valence-electron chi connectivity index (χ0n) is 16.6. The third-order valence-corrected chi connectivity index (χ3v) is 5.50. The summed E-state index contributed by atoms with van der Waals surface area (Å²) in [6, 6.07) is 11.9. The summed E-state index contributed by atoms with van der Waals surface area (Å²) in [5, 5.41) is 6.64. The lowest BCUT2D eigenvalue weighted by Crippen LogP contribution is -2.24. The van der Waals surface area contributed by atoms with E-state index in [9.17, 15) is 22.4 Å². The summed E-state index contributed by atoms with van der Waals surface area (Å²) in [6.45, 7) is 1.50. The van der Waals surface area contributed by atoms with Gasteiger partial charge >= 0.3 is 0 Å². The van der Waals surface area contributed by atoms with Crippen LogP contribution >= 0.6 is 0 Å². The second kappa shape index (κ2) is 8.96. The maximum Gasteiger partial charge on any atom is 0.276 e. The van der Waals surface area contributed by atoms with Crippen LogP contribution in [0.1, 0.15) is 17.4 Å². The van der Waals surface area contributed by atoms with Crippen LogP contribution in [0.3, 0.4) is 0 Å². The van der Waals surface area contributed by atoms with Crippen molar-refractivity contribution in [2.24, 2.45) is 0 Å². The lowest BCUT2D eigenvalue weighted by atomic mass is 10.2. The van der Waals surface area contributed by atoms with Crippen molar-refractivity contribution in [1.29, 1.82) is 0 Å². The van der Waals surface area contributed by atoms with Crippen molar-refractivity contribution in [2.75, 3.05) is 22.9 Å². The van der Waals surface area contributed by atoms with Gasteiger partial charge in [-0.2, -0.15) is 9.78 Å². The summed E-state index contributed by atoms with van der Waals surface area (Å²) in [5.74, 6) is -0.979. The molecule has 0 aliphatic heterocycles. The Morgan fingerprint density at radius 1 is 1.13 bits per heavy atom. The zero-order chi connectivity index (χ0) is 22.6. The molecule has 1 aromatic heterocycles. The second-order valence-corrected chi connectivity index (χ2v) is 8.33. The highest BCUT2D eigenvalue weighted by molar-refractivity contribution is 7.92. The summed E-state index contributed by atoms with van der Waals surface area (Å²) < 4.78 is 45.3. The predicted octanol–water partition coefficient (Wildman–Crippen LogP) is 2.39. The molecule has 31 heavy (non-hydrogen) atoms. The van der Waals surface area contributed by atoms with Crippen LogP contribution in [0, 0.1) is 5.82 Å². The molecule has 3 aromatic rings. The standard InChI is InChI=1S/C20H19FN4O5S/c1-3-31(28,29)24-16-9-6-14(12-18(16)30-2)22-20(27)17-10-11-19(26)25(23-17)15-7-4-13(21)5-8-15/h4-12,24H,3H2,1-2H3,(H,22,27). The number of carbonyl (C=O) groups is 1. The van der Waals surface area contributed by atoms with Gasteiger partial charge in [0.05, 0.1) is 24.2 Å². The minimum Gasteiger partial charge on any atom is -0.494 e. The van der Waals surface area contributed by atoms with Gasteiger partial charge in [0.1, 0.15) is 17.3 Å². The summed E-state index contributed by atoms with van der Waals surface area (Å²) in [7, 11) is -2.14. The number of carbonyl (C=O) groups excluding carboxylic acids is 1. The molecule has 2 aromatic carbocycles. The van der Waals surface area contributed by atoms with Gasteiger partial charge in [-0.25, -0.2) is 12.8 Å². The molecule has 0 atom stereocenters. The van der Waals surface area contributed by atoms with E-state index in [2.05, 4.69) is 15.1 Å². The van der Waals surface area contributed by atoms with Crippen molar-refractivity contribution in [2.45, 2.75) is 6.92 Å². The van der Waals surface area contributed by atoms with Crippen molar-refractivity contribution in [3.05, 3.63) is 76.5 Å². The average molecular weight is 446 g/mol. The van der Waals surface area contributed by atoms with Crippen LogP contribution in [0.2, 0.25) is 0 Å². The maximum absolute atomic E-state index is 13.1. The van der Waals surface area contributed by atoms with E-state index in [0.29, 0.717) is 11.4 Å². The van der Waals surface area contributed by atoms with E-state index in [1.807, 2.05) is 0 Å². The molecule has 11 heteroatoms. The lowest BCUT2D eigenvalue weighted by molar-refractivity contribution is 0.102. The van der Waals surface area contributed by atoms with Crippen molar-refractivity contribution < 1.29 is 22.3 Å². The van der Waals surface area contributed by atoms with Gasteiger partial charge in [-0.3, -0.25) is 14.3 Å². The number of aromatic nitrogens is 2. The fraction of sp³-hybridized carbons (Fsp3) is 0.150. The molecule has 2 N–H and O–H groups in total. The number of benzene rings is 2. The number of amides is 1. The number of methoxy groups -OCH3 is 1. The van der Waals surface area contributed by atoms with E-state index in [1.165, 1.54) is 68.6 Å². The first-order valence-electron chi connectivity index (χ1n) is 9.08. The van der Waals surface area contributed by atoms with E-state index in [0.717, 1.165) is 4.68 Å². The minimum absolute atomic E-state index is 0.0568. The first-order chi connectivity index (χ1) is 14.7. The largest absolute Gasteiger partial charge is 0.494 e. The van der Waals surface area contributed by atoms with E-state index in [4.69, 9.17) is 4.74 Å². The van der Waals surface area contributed by atoms with Crippen molar-refractivity contribution in [3.63, 3.8) is 0 Å². The Balaban J connectivity index is 1.85. The molecule has 0 saturated carbocycles. The highest BCUT2D eigenvalue weighted by Gasteiger charge is 2.15. The van der Waals surface area contributed by atoms with Crippen LogP contribution in [0.4, 0.5) is 15.8 Å². The van der Waals surface area contributed by atoms with Crippen LogP contribution in [-0.2, 0) is 10.0 Å². The quantitative estimate of drug-likeness (QED) is 0.575. The number of nitrogens with one attached hydrogen (secondary N) is 2. The highest BCUT2D eigenvalue weighted by Crippen LogP contribution is 2.29. The topological polar surface area (TPSA) is 119 Å². The van der Waals surface area contributed by atoms with Crippen molar-refractivity contribution in [1.82, 2.24) is 9.78 Å². The molecule has 0 spiro atoms. The Bertz CT molecular complexity index is 1270. The monoisotopic (exact) mass is 446 g/mol. The molecule has 0 fully saturated rings. The molecule has 1 heterocycles. The van der Waals surface area contributed by atoms with Gasteiger partial charge in [0.25, 0.3) is 11.5 Å². The Hall–Kier alpha value is -3.73. The van der Waals surface area contributed by atoms with E-state index in [1.54, 1.807) is 0 Å². The summed E-state index contributed by atoms with van der Waals surface area (Å²) in [6.07, 6.45) is 0. The van der Waals surface area contributed by atoms with Crippen LogP contribution in [0.5, 0.6) is 5.75 Å². The molecule has 3 rings (SSSR count). The molecule has 0 bridgehead atoms. The van der Waals surface area contributed by atoms with Gasteiger partial charge in [0.2, 0.25) is 10.0 Å². The lowest BCUT2D eigenvalue weighted by Gasteiger charge is -2.13. The highest BCUT2D eigenvalue weighted by atomic mass is 32.2. The molecule has 1 amide bonds. The Labute approximate surface area is 177 Å². The van der Waals surface area contributed by atoms with E-state index in [-0.39, 0.29) is 22.9 Å². The number of ether oxygens (including phenoxy) is 1. The first kappa shape index (κ1) is 22.0. The van der Waals surface area contributed by atoms with E-state index >= 15 is 0 Å². The Kier molecular flexibility index (Phi) is 6.35. The smallest absolute Gasteiger partial charge is 0.276 e. The number of hydrogen-bond acceptors (Lipinski definition) is 6. The minimum atomic E-state index is -3.51. The zero-order valence-corrected chi connectivity index (χ0v) is 17.4. The number of rotatable bonds is 7. The van der Waals surface area contributed by atoms with Crippen LogP contribution in [0.25, 0.3) is 5.69 Å². The van der Waals surface area contributed by atoms with Crippen LogP contribution < -0.4 is 20.3 Å². The molecule has 0 unspecified atom stereocenters. The average Bonchev–Trinajstić information content (AvgIpc) is 2.75. The molecule has 0 aliphatic rings. The number of hydrogen-bond donors (Lipinski definition) is 2. The predicted molar refractivity (Wildman–Crippen MR) is 114 cm³/mol. The number of nitrogens with zero attached hydrogens (tertiary/aromatic N) is 2. The fourth-order valence-corrected chi connectivity index (χ4v) is 3.24. The third kappa shape index (κ3) is 5.25. The molecule has 9 nitrogen and oxygen atoms in total. The van der Waals surface area contributed by atoms with E-state index < -0.39 is 27.3 Å². The normalized spacial score (nSPS) is 11.1. The SMILES string of the molecule is CCS(=O)(=O)Nc1ccc(NC(=O)c2ccc(=O)n(-c3ccc(F)cc3)n2)cc1OC. The van der Waals surface area contributed by atoms with Crippen LogP contribution in [0.15, 0.2) is 59.4 Å². The maximum atomic E-state index is 13.1. The molecular weight excluding hydrogens is 427 g/mol. The van der Waals surface area contributed by atoms with Gasteiger partial charge in [-0.1, -0.05) is 0 Å². The van der Waals surface area contributed by atoms with Gasteiger partial charge in [-0.15, -0.1) is 0 Å². The van der Waals surface area contributed by atoms with Crippen LogP contribution in [-0.4, -0.2) is 37.0 Å². The van der Waals surface area contributed by atoms with Crippen molar-refractivity contribution in [3.8, 4) is 11.4 Å². The molecule has 0 radical (unpaired) electrons. The molecule has 0 saturated heterocycles. The Morgan fingerprint density at radius 3 is 2.48 bits per heavy atom. The third-order valence-electron chi connectivity index (χ3n) is 4.21. The summed E-state index contributed by atoms with van der Waals surface area (Å²) in [4.78, 5) is 24.7. The summed E-state index contributed by atoms with van der Waals surface area (Å²) >= 11 is 0. The summed E-state index contributed by atoms with van der Waals surface area (Å²) in [5.41, 5.74) is 0.305. The number of halogens is 1. The van der Waals surface area contributed by atoms with Crippen molar-refractivity contribution >= 4 is 27.3 Å². The first-order valence-corrected chi connectivity index (χ1v) is 10.7. The van der Waals surface area contributed by atoms with Gasteiger partial charge in [0.15, 0.2) is 0 Å². The fourth-order valence-electron chi connectivity index (χ4n) is 2.59. The number of sulfonamides is 1. The Morgan fingerprint density at radius 2 is 1.84 bits per heavy atom. The molecule has 162 valence electrons. The second-order valence-electron chi connectivity index (χ2n) is 6.32. The number of anilines is 2. The van der Waals surface area contributed by atoms with Gasteiger partial charge in [0, 0.05) is 17.8 Å². The molecule has 0 aliphatic carbocycles. The van der Waals surface area contributed by atoms with Gasteiger partial charge in [-0.05, 0) is 49.4 Å².